The number of rotatable bonds is 2. The molecule has 4 rings (SSSR count). The van der Waals surface area contributed by atoms with Gasteiger partial charge in [-0.3, -0.25) is 0 Å². The molecule has 0 aliphatic carbocycles. The second-order valence-electron chi connectivity index (χ2n) is 5.81. The third-order valence-corrected chi connectivity index (χ3v) is 8.42. The summed E-state index contributed by atoms with van der Waals surface area (Å²) in [6, 6.07) is 8.21. The molecule has 0 bridgehead atoms. The van der Waals surface area contributed by atoms with Crippen molar-refractivity contribution >= 4 is 51.0 Å². The van der Waals surface area contributed by atoms with E-state index in [9.17, 15) is 4.79 Å². The molecule has 0 unspecified atom stereocenters. The van der Waals surface area contributed by atoms with Crippen molar-refractivity contribution in [3.05, 3.63) is 43.5 Å². The summed E-state index contributed by atoms with van der Waals surface area (Å²) in [5.74, 6) is 0. The Balaban J connectivity index is 1.91. The maximum absolute atomic E-state index is 12.8. The topological polar surface area (TPSA) is 34.5 Å². The average Bonchev–Trinajstić information content (AvgIpc) is 2.91. The van der Waals surface area contributed by atoms with Crippen LogP contribution in [0.5, 0.6) is 0 Å². The summed E-state index contributed by atoms with van der Waals surface area (Å²) >= 11 is 3.92. The summed E-state index contributed by atoms with van der Waals surface area (Å²) < 4.78 is 10.8. The van der Waals surface area contributed by atoms with Crippen molar-refractivity contribution in [1.29, 1.82) is 0 Å². The molecule has 0 atom stereocenters. The second kappa shape index (κ2) is 6.19. The first-order valence-electron chi connectivity index (χ1n) is 7.65. The number of hydrogen-bond acceptors (Lipinski definition) is 3. The minimum atomic E-state index is 0.101. The summed E-state index contributed by atoms with van der Waals surface area (Å²) in [6.45, 7) is 4.46. The number of ether oxygens (including phenoxy) is 1. The molecule has 0 N–H and O–H groups in total. The molecule has 3 heterocycles. The Labute approximate surface area is 148 Å². The van der Waals surface area contributed by atoms with Crippen molar-refractivity contribution in [2.24, 2.45) is 7.05 Å². The number of aryl methyl sites for hydroxylation is 1. The SMILES string of the molecule is Cn1c(=O)c2c(Br)c(CN3CCOCC3)[se]c2c2ccccc21. The molecule has 0 radical (unpaired) electrons. The van der Waals surface area contributed by atoms with E-state index in [-0.39, 0.29) is 20.1 Å². The predicted molar refractivity (Wildman–Crippen MR) is 97.4 cm³/mol. The van der Waals surface area contributed by atoms with Crippen molar-refractivity contribution in [2.45, 2.75) is 6.54 Å². The second-order valence-corrected chi connectivity index (χ2v) is 8.92. The number of benzene rings is 1. The number of hydrogen-bond donors (Lipinski definition) is 0. The van der Waals surface area contributed by atoms with E-state index < -0.39 is 0 Å². The summed E-state index contributed by atoms with van der Waals surface area (Å²) in [7, 11) is 1.86. The number of nitrogens with zero attached hydrogens (tertiary/aromatic N) is 2. The molecule has 4 nitrogen and oxygen atoms in total. The van der Waals surface area contributed by atoms with Crippen LogP contribution in [0.4, 0.5) is 0 Å². The van der Waals surface area contributed by atoms with Gasteiger partial charge in [0.05, 0.1) is 0 Å². The van der Waals surface area contributed by atoms with Gasteiger partial charge in [0.1, 0.15) is 0 Å². The molecule has 23 heavy (non-hydrogen) atoms. The molecule has 0 amide bonds. The number of aromatic nitrogens is 1. The van der Waals surface area contributed by atoms with Crippen molar-refractivity contribution in [2.75, 3.05) is 26.3 Å². The Kier molecular flexibility index (Phi) is 4.20. The fourth-order valence-electron chi connectivity index (χ4n) is 3.14. The van der Waals surface area contributed by atoms with Crippen LogP contribution in [0.25, 0.3) is 20.5 Å². The molecule has 3 aromatic rings. The van der Waals surface area contributed by atoms with Gasteiger partial charge in [-0.1, -0.05) is 0 Å². The fourth-order valence-corrected chi connectivity index (χ4v) is 6.99. The van der Waals surface area contributed by atoms with Crippen LogP contribution in [-0.4, -0.2) is 50.3 Å². The van der Waals surface area contributed by atoms with Crippen LogP contribution >= 0.6 is 15.9 Å². The van der Waals surface area contributed by atoms with Crippen LogP contribution < -0.4 is 5.56 Å². The van der Waals surface area contributed by atoms with E-state index in [1.165, 1.54) is 14.1 Å². The van der Waals surface area contributed by atoms with Crippen molar-refractivity contribution in [1.82, 2.24) is 9.47 Å². The van der Waals surface area contributed by atoms with Crippen LogP contribution in [0.3, 0.4) is 0 Å². The maximum atomic E-state index is 12.8. The zero-order valence-corrected chi connectivity index (χ0v) is 16.1. The Morgan fingerprint density at radius 1 is 1.26 bits per heavy atom. The van der Waals surface area contributed by atoms with E-state index in [0.717, 1.165) is 48.2 Å². The molecule has 2 aromatic heterocycles. The van der Waals surface area contributed by atoms with Gasteiger partial charge in [-0.25, -0.2) is 0 Å². The first-order valence-corrected chi connectivity index (χ1v) is 10.2. The predicted octanol–water partition coefficient (Wildman–Crippen LogP) is 2.34. The van der Waals surface area contributed by atoms with Crippen LogP contribution in [0, 0.1) is 0 Å². The summed E-state index contributed by atoms with van der Waals surface area (Å²) in [6.07, 6.45) is 0. The van der Waals surface area contributed by atoms with E-state index in [2.05, 4.69) is 33.0 Å². The molecule has 1 fully saturated rings. The molecule has 0 saturated carbocycles. The third kappa shape index (κ3) is 2.63. The molecular weight excluding hydrogens is 423 g/mol. The van der Waals surface area contributed by atoms with Gasteiger partial charge in [-0.05, 0) is 0 Å². The zero-order chi connectivity index (χ0) is 16.0. The number of pyridine rings is 1. The van der Waals surface area contributed by atoms with Crippen LogP contribution in [0.2, 0.25) is 0 Å². The van der Waals surface area contributed by atoms with E-state index in [4.69, 9.17) is 4.74 Å². The quantitative estimate of drug-likeness (QED) is 0.574. The molecule has 0 spiro atoms. The summed E-state index contributed by atoms with van der Waals surface area (Å²) in [4.78, 5) is 15.2. The van der Waals surface area contributed by atoms with Gasteiger partial charge < -0.3 is 0 Å². The molecule has 1 aliphatic heterocycles. The van der Waals surface area contributed by atoms with Gasteiger partial charge in [-0.2, -0.15) is 0 Å². The number of morpholine rings is 1. The van der Waals surface area contributed by atoms with Crippen LogP contribution in [0.1, 0.15) is 4.44 Å². The number of halogens is 1. The zero-order valence-electron chi connectivity index (χ0n) is 12.8. The standard InChI is InChI=1S/C17H17BrN2O2Se/c1-19-12-5-3-2-4-11(12)16-14(17(19)21)15(18)13(23-16)10-20-6-8-22-9-7-20/h2-5H,6-10H2,1H3. The monoisotopic (exact) mass is 440 g/mol. The van der Waals surface area contributed by atoms with Gasteiger partial charge in [-0.15, -0.1) is 0 Å². The third-order valence-electron chi connectivity index (χ3n) is 4.42. The van der Waals surface area contributed by atoms with Gasteiger partial charge >= 0.3 is 149 Å². The first kappa shape index (κ1) is 15.6. The van der Waals surface area contributed by atoms with Gasteiger partial charge in [0, 0.05) is 0 Å². The Morgan fingerprint density at radius 3 is 2.78 bits per heavy atom. The van der Waals surface area contributed by atoms with Gasteiger partial charge in [0.25, 0.3) is 0 Å². The average molecular weight is 440 g/mol. The molecule has 6 heteroatoms. The first-order chi connectivity index (χ1) is 11.2. The van der Waals surface area contributed by atoms with E-state index in [1.807, 2.05) is 19.2 Å². The fraction of sp³-hybridized carbons (Fsp3) is 0.353. The molecule has 1 aromatic carbocycles. The number of fused-ring (bicyclic) bond motifs is 3. The van der Waals surface area contributed by atoms with Crippen LogP contribution in [-0.2, 0) is 18.3 Å². The molecule has 1 aliphatic rings. The van der Waals surface area contributed by atoms with Gasteiger partial charge in [0.15, 0.2) is 0 Å². The Bertz CT molecular complexity index is 941. The molecule has 120 valence electrons. The Morgan fingerprint density at radius 2 is 2.00 bits per heavy atom. The Hall–Kier alpha value is -0.911. The molecular formula is C17H17BrN2O2Se. The van der Waals surface area contributed by atoms with Crippen LogP contribution in [0.15, 0.2) is 33.5 Å². The van der Waals surface area contributed by atoms with Gasteiger partial charge in [0.2, 0.25) is 0 Å². The summed E-state index contributed by atoms with van der Waals surface area (Å²) in [5.41, 5.74) is 1.12. The minimum absolute atomic E-state index is 0.101. The molecule has 1 saturated heterocycles. The van der Waals surface area contributed by atoms with Crippen molar-refractivity contribution in [3.8, 4) is 0 Å². The normalized spacial score (nSPS) is 16.4. The van der Waals surface area contributed by atoms with Crippen molar-refractivity contribution in [3.63, 3.8) is 0 Å². The number of para-hydroxylation sites is 1. The summed E-state index contributed by atoms with van der Waals surface area (Å²) in [5, 5.41) is 2.08. The van der Waals surface area contributed by atoms with Crippen molar-refractivity contribution < 1.29 is 4.74 Å². The van der Waals surface area contributed by atoms with E-state index in [1.54, 1.807) is 4.57 Å². The van der Waals surface area contributed by atoms with E-state index in [0.29, 0.717) is 0 Å². The van der Waals surface area contributed by atoms with E-state index >= 15 is 0 Å².